The Balaban J connectivity index is 1.66. The van der Waals surface area contributed by atoms with Crippen LogP contribution in [0, 0.1) is 6.92 Å². The normalized spacial score (nSPS) is 19.0. The van der Waals surface area contributed by atoms with Gasteiger partial charge in [-0.1, -0.05) is 6.07 Å². The molecule has 21 heavy (non-hydrogen) atoms. The van der Waals surface area contributed by atoms with Gasteiger partial charge in [0.15, 0.2) is 0 Å². The molecule has 1 aliphatic rings. The monoisotopic (exact) mass is 305 g/mol. The van der Waals surface area contributed by atoms with Crippen LogP contribution in [-0.4, -0.2) is 35.6 Å². The van der Waals surface area contributed by atoms with Crippen LogP contribution < -0.4 is 5.32 Å². The summed E-state index contributed by atoms with van der Waals surface area (Å²) in [5.41, 5.74) is 1.36. The Morgan fingerprint density at radius 2 is 2.19 bits per heavy atom. The van der Waals surface area contributed by atoms with E-state index < -0.39 is 0 Å². The van der Waals surface area contributed by atoms with Crippen LogP contribution in [0.2, 0.25) is 0 Å². The second-order valence-electron chi connectivity index (χ2n) is 6.09. The number of likely N-dealkylation sites (tertiary alicyclic amines) is 1. The van der Waals surface area contributed by atoms with E-state index >= 15 is 0 Å². The predicted molar refractivity (Wildman–Crippen MR) is 86.5 cm³/mol. The van der Waals surface area contributed by atoms with Crippen molar-refractivity contribution in [2.75, 3.05) is 20.1 Å². The first kappa shape index (κ1) is 14.8. The van der Waals surface area contributed by atoms with E-state index in [0.717, 1.165) is 41.9 Å². The highest BCUT2D eigenvalue weighted by atomic mass is 32.1. The van der Waals surface area contributed by atoms with Gasteiger partial charge in [-0.05, 0) is 45.2 Å². The molecule has 1 fully saturated rings. The van der Waals surface area contributed by atoms with Crippen molar-refractivity contribution in [3.8, 4) is 10.8 Å². The summed E-state index contributed by atoms with van der Waals surface area (Å²) >= 11 is 1.67. The lowest BCUT2D eigenvalue weighted by molar-refractivity contribution is 0.144. The number of aromatic nitrogens is 1. The lowest BCUT2D eigenvalue weighted by atomic mass is 9.90. The summed E-state index contributed by atoms with van der Waals surface area (Å²) < 4.78 is 5.82. The summed E-state index contributed by atoms with van der Waals surface area (Å²) in [4.78, 5) is 8.27. The van der Waals surface area contributed by atoms with Gasteiger partial charge in [-0.3, -0.25) is 4.90 Å². The Kier molecular flexibility index (Phi) is 4.15. The van der Waals surface area contributed by atoms with Gasteiger partial charge in [-0.25, -0.2) is 4.98 Å². The van der Waals surface area contributed by atoms with E-state index in [1.807, 2.05) is 13.0 Å². The molecule has 3 heterocycles. The number of rotatable bonds is 4. The first-order chi connectivity index (χ1) is 10.1. The van der Waals surface area contributed by atoms with Crippen molar-refractivity contribution in [3.63, 3.8) is 0 Å². The fourth-order valence-electron chi connectivity index (χ4n) is 2.75. The highest BCUT2D eigenvalue weighted by Gasteiger charge is 2.28. The number of aryl methyl sites for hydroxylation is 1. The van der Waals surface area contributed by atoms with E-state index in [1.54, 1.807) is 11.3 Å². The Hall–Kier alpha value is -1.17. The number of hydrogen-bond donors (Lipinski definition) is 1. The van der Waals surface area contributed by atoms with Crippen molar-refractivity contribution in [3.05, 3.63) is 29.0 Å². The smallest absolute Gasteiger partial charge is 0.236 e. The molecule has 1 saturated heterocycles. The van der Waals surface area contributed by atoms with E-state index in [-0.39, 0.29) is 5.54 Å². The van der Waals surface area contributed by atoms with Crippen LogP contribution in [-0.2, 0) is 6.54 Å². The van der Waals surface area contributed by atoms with Gasteiger partial charge in [-0.2, -0.15) is 0 Å². The molecule has 5 heteroatoms. The van der Waals surface area contributed by atoms with Crippen LogP contribution in [0.1, 0.15) is 31.2 Å². The lowest BCUT2D eigenvalue weighted by Crippen LogP contribution is -2.49. The molecule has 0 atom stereocenters. The number of thiophene rings is 1. The minimum Gasteiger partial charge on any atom is -0.440 e. The molecule has 0 aliphatic carbocycles. The summed E-state index contributed by atoms with van der Waals surface area (Å²) in [6.45, 7) is 7.43. The first-order valence-corrected chi connectivity index (χ1v) is 8.39. The van der Waals surface area contributed by atoms with Crippen LogP contribution >= 0.6 is 11.3 Å². The molecule has 0 amide bonds. The second kappa shape index (κ2) is 5.91. The molecule has 0 unspecified atom stereocenters. The van der Waals surface area contributed by atoms with Gasteiger partial charge in [0, 0.05) is 25.2 Å². The van der Waals surface area contributed by atoms with Gasteiger partial charge in [0.25, 0.3) is 0 Å². The summed E-state index contributed by atoms with van der Waals surface area (Å²) in [6.07, 6.45) is 2.36. The van der Waals surface area contributed by atoms with Gasteiger partial charge in [0.05, 0.1) is 10.6 Å². The minimum absolute atomic E-state index is 0.289. The van der Waals surface area contributed by atoms with Crippen molar-refractivity contribution in [1.29, 1.82) is 0 Å². The first-order valence-electron chi connectivity index (χ1n) is 7.51. The third kappa shape index (κ3) is 3.20. The van der Waals surface area contributed by atoms with E-state index in [4.69, 9.17) is 4.42 Å². The summed E-state index contributed by atoms with van der Waals surface area (Å²) in [5.74, 6) is 1.70. The fraction of sp³-hybridized carbons (Fsp3) is 0.562. The topological polar surface area (TPSA) is 41.3 Å². The number of piperidine rings is 1. The van der Waals surface area contributed by atoms with Gasteiger partial charge in [0.1, 0.15) is 5.76 Å². The van der Waals surface area contributed by atoms with Crippen LogP contribution in [0.4, 0.5) is 0 Å². The molecular weight excluding hydrogens is 282 g/mol. The van der Waals surface area contributed by atoms with Crippen LogP contribution in [0.5, 0.6) is 0 Å². The summed E-state index contributed by atoms with van der Waals surface area (Å²) in [7, 11) is 2.06. The second-order valence-corrected chi connectivity index (χ2v) is 7.03. The number of oxazole rings is 1. The highest BCUT2D eigenvalue weighted by molar-refractivity contribution is 7.13. The largest absolute Gasteiger partial charge is 0.440 e. The van der Waals surface area contributed by atoms with Gasteiger partial charge in [0.2, 0.25) is 5.89 Å². The maximum atomic E-state index is 5.82. The number of nitrogens with zero attached hydrogens (tertiary/aromatic N) is 2. The molecule has 4 nitrogen and oxygen atoms in total. The molecule has 114 valence electrons. The Morgan fingerprint density at radius 1 is 1.43 bits per heavy atom. The summed E-state index contributed by atoms with van der Waals surface area (Å²) in [6, 6.07) is 4.08. The molecule has 2 aromatic rings. The van der Waals surface area contributed by atoms with Crippen LogP contribution in [0.25, 0.3) is 10.8 Å². The van der Waals surface area contributed by atoms with Crippen molar-refractivity contribution < 1.29 is 4.42 Å². The Labute approximate surface area is 130 Å². The van der Waals surface area contributed by atoms with Crippen molar-refractivity contribution in [2.45, 2.75) is 38.8 Å². The molecule has 1 N–H and O–H groups in total. The maximum absolute atomic E-state index is 5.82. The van der Waals surface area contributed by atoms with Gasteiger partial charge >= 0.3 is 0 Å². The number of nitrogens with one attached hydrogen (secondary N) is 1. The van der Waals surface area contributed by atoms with Gasteiger partial charge < -0.3 is 9.73 Å². The Morgan fingerprint density at radius 3 is 2.81 bits per heavy atom. The molecule has 0 bridgehead atoms. The van der Waals surface area contributed by atoms with Crippen molar-refractivity contribution in [1.82, 2.24) is 15.2 Å². The van der Waals surface area contributed by atoms with E-state index in [2.05, 4.69) is 40.6 Å². The maximum Gasteiger partial charge on any atom is 0.236 e. The number of hydrogen-bond acceptors (Lipinski definition) is 5. The SMILES string of the molecule is CNC1(C)CCN(Cc2nc(-c3cccs3)oc2C)CC1. The van der Waals surface area contributed by atoms with Gasteiger partial charge in [-0.15, -0.1) is 11.3 Å². The third-order valence-electron chi connectivity index (χ3n) is 4.56. The lowest BCUT2D eigenvalue weighted by Gasteiger charge is -2.39. The van der Waals surface area contributed by atoms with Crippen molar-refractivity contribution >= 4 is 11.3 Å². The molecular formula is C16H23N3OS. The standard InChI is InChI=1S/C16H23N3OS/c1-12-13(18-15(20-12)14-5-4-10-21-14)11-19-8-6-16(2,17-3)7-9-19/h4-5,10,17H,6-9,11H2,1-3H3. The average Bonchev–Trinajstić information content (AvgIpc) is 3.12. The van der Waals surface area contributed by atoms with Crippen LogP contribution in [0.3, 0.4) is 0 Å². The molecule has 0 spiro atoms. The van der Waals surface area contributed by atoms with E-state index in [1.165, 1.54) is 12.8 Å². The Bertz CT molecular complexity index is 583. The zero-order valence-corrected chi connectivity index (χ0v) is 13.8. The average molecular weight is 305 g/mol. The van der Waals surface area contributed by atoms with Crippen LogP contribution in [0.15, 0.2) is 21.9 Å². The molecule has 1 aliphatic heterocycles. The molecule has 0 radical (unpaired) electrons. The molecule has 2 aromatic heterocycles. The van der Waals surface area contributed by atoms with E-state index in [0.29, 0.717) is 0 Å². The quantitative estimate of drug-likeness (QED) is 0.941. The minimum atomic E-state index is 0.289. The third-order valence-corrected chi connectivity index (χ3v) is 5.42. The molecule has 0 aromatic carbocycles. The highest BCUT2D eigenvalue weighted by Crippen LogP contribution is 2.27. The zero-order chi connectivity index (χ0) is 14.9. The molecule has 3 rings (SSSR count). The van der Waals surface area contributed by atoms with Crippen molar-refractivity contribution in [2.24, 2.45) is 0 Å². The zero-order valence-electron chi connectivity index (χ0n) is 13.0. The van der Waals surface area contributed by atoms with E-state index in [9.17, 15) is 0 Å². The summed E-state index contributed by atoms with van der Waals surface area (Å²) in [5, 5.41) is 5.49. The molecule has 0 saturated carbocycles. The fourth-order valence-corrected chi connectivity index (χ4v) is 3.40. The predicted octanol–water partition coefficient (Wildman–Crippen LogP) is 3.29.